The van der Waals surface area contributed by atoms with Gasteiger partial charge in [-0.05, 0) is 65.0 Å². The zero-order chi connectivity index (χ0) is 19.7. The summed E-state index contributed by atoms with van der Waals surface area (Å²) >= 11 is 0. The average Bonchev–Trinajstić information content (AvgIpc) is 2.53. The molecular formula is C21H30N2O3. The Kier molecular flexibility index (Phi) is 7.97. The van der Waals surface area contributed by atoms with Crippen molar-refractivity contribution >= 4 is 17.3 Å². The first-order valence-corrected chi connectivity index (χ1v) is 8.63. The summed E-state index contributed by atoms with van der Waals surface area (Å²) in [4.78, 5) is 10.7. The maximum atomic E-state index is 10.7. The molecule has 0 aliphatic heterocycles. The molecule has 3 N–H and O–H groups in total. The lowest BCUT2D eigenvalue weighted by molar-refractivity contribution is 0.0697. The van der Waals surface area contributed by atoms with Crippen LogP contribution in [-0.2, 0) is 0 Å². The summed E-state index contributed by atoms with van der Waals surface area (Å²) in [6.07, 6.45) is 0. The van der Waals surface area contributed by atoms with E-state index in [2.05, 4.69) is 24.5 Å². The number of carboxylic acids is 1. The molecule has 0 aliphatic carbocycles. The fourth-order valence-corrected chi connectivity index (χ4v) is 2.21. The molecule has 0 bridgehead atoms. The largest absolute Gasteiger partial charge is 0.497 e. The van der Waals surface area contributed by atoms with Crippen molar-refractivity contribution in [2.75, 3.05) is 17.7 Å². The highest BCUT2D eigenvalue weighted by Crippen LogP contribution is 2.17. The zero-order valence-corrected chi connectivity index (χ0v) is 16.5. The van der Waals surface area contributed by atoms with Gasteiger partial charge < -0.3 is 20.5 Å². The van der Waals surface area contributed by atoms with E-state index in [0.29, 0.717) is 11.6 Å². The van der Waals surface area contributed by atoms with Gasteiger partial charge in [0.25, 0.3) is 0 Å². The number of carboxylic acid groups (broad SMARTS) is 1. The Bertz CT molecular complexity index is 706. The van der Waals surface area contributed by atoms with Crippen molar-refractivity contribution in [2.24, 2.45) is 0 Å². The van der Waals surface area contributed by atoms with E-state index in [9.17, 15) is 4.79 Å². The molecule has 0 radical (unpaired) electrons. The number of hydrogen-bond acceptors (Lipinski definition) is 4. The standard InChI is InChI=1S/C11H15NO2.C10H15NO/c1-11(2,3)12-9-6-4-5-8(7-9)10(13)14;1-8(2)11-9-5-4-6-10(7-9)12-3/h4-7,12H,1-3H3,(H,13,14);4-8,11H,1-3H3. The van der Waals surface area contributed by atoms with Crippen LogP contribution in [0.1, 0.15) is 45.0 Å². The smallest absolute Gasteiger partial charge is 0.335 e. The van der Waals surface area contributed by atoms with Crippen molar-refractivity contribution in [3.05, 3.63) is 54.1 Å². The number of nitrogens with one attached hydrogen (secondary N) is 2. The summed E-state index contributed by atoms with van der Waals surface area (Å²) < 4.78 is 5.10. The molecule has 5 heteroatoms. The molecule has 2 aromatic carbocycles. The van der Waals surface area contributed by atoms with E-state index in [0.717, 1.165) is 17.1 Å². The Morgan fingerprint density at radius 3 is 2.19 bits per heavy atom. The van der Waals surface area contributed by atoms with Gasteiger partial charge in [0.2, 0.25) is 0 Å². The number of rotatable bonds is 5. The zero-order valence-electron chi connectivity index (χ0n) is 16.5. The van der Waals surface area contributed by atoms with Crippen LogP contribution in [0.5, 0.6) is 5.75 Å². The summed E-state index contributed by atoms with van der Waals surface area (Å²) in [7, 11) is 1.68. The van der Waals surface area contributed by atoms with Gasteiger partial charge in [-0.2, -0.15) is 0 Å². The van der Waals surface area contributed by atoms with Gasteiger partial charge in [-0.1, -0.05) is 12.1 Å². The number of hydrogen-bond donors (Lipinski definition) is 3. The molecule has 26 heavy (non-hydrogen) atoms. The Labute approximate surface area is 156 Å². The van der Waals surface area contributed by atoms with Gasteiger partial charge in [0.05, 0.1) is 12.7 Å². The minimum absolute atomic E-state index is 0.0584. The normalized spacial score (nSPS) is 10.6. The second kappa shape index (κ2) is 9.70. The summed E-state index contributed by atoms with van der Waals surface area (Å²) in [6, 6.07) is 15.2. The second-order valence-corrected chi connectivity index (χ2v) is 7.29. The van der Waals surface area contributed by atoms with Crippen LogP contribution in [0.2, 0.25) is 0 Å². The molecule has 0 aliphatic rings. The fraction of sp³-hybridized carbons (Fsp3) is 0.381. The van der Waals surface area contributed by atoms with E-state index in [4.69, 9.17) is 9.84 Å². The van der Waals surface area contributed by atoms with Crippen LogP contribution in [0.15, 0.2) is 48.5 Å². The van der Waals surface area contributed by atoms with Crippen LogP contribution in [-0.4, -0.2) is 29.8 Å². The second-order valence-electron chi connectivity index (χ2n) is 7.29. The van der Waals surface area contributed by atoms with E-state index in [1.807, 2.05) is 51.1 Å². The number of benzene rings is 2. The number of carbonyl (C=O) groups is 1. The monoisotopic (exact) mass is 358 g/mol. The van der Waals surface area contributed by atoms with Crippen LogP contribution in [0.25, 0.3) is 0 Å². The molecule has 0 heterocycles. The molecule has 0 aromatic heterocycles. The highest BCUT2D eigenvalue weighted by Gasteiger charge is 2.10. The molecule has 0 fully saturated rings. The Balaban J connectivity index is 0.000000263. The Morgan fingerprint density at radius 1 is 1.04 bits per heavy atom. The SMILES string of the molecule is CC(C)(C)Nc1cccc(C(=O)O)c1.COc1cccc(NC(C)C)c1. The van der Waals surface area contributed by atoms with Crippen LogP contribution in [0.4, 0.5) is 11.4 Å². The molecule has 5 nitrogen and oxygen atoms in total. The lowest BCUT2D eigenvalue weighted by Crippen LogP contribution is -2.26. The van der Waals surface area contributed by atoms with Gasteiger partial charge >= 0.3 is 5.97 Å². The molecule has 2 rings (SSSR count). The van der Waals surface area contributed by atoms with Crippen molar-refractivity contribution in [1.82, 2.24) is 0 Å². The van der Waals surface area contributed by atoms with E-state index in [-0.39, 0.29) is 5.54 Å². The first-order chi connectivity index (χ1) is 12.1. The van der Waals surface area contributed by atoms with E-state index in [1.54, 1.807) is 25.3 Å². The van der Waals surface area contributed by atoms with E-state index < -0.39 is 5.97 Å². The van der Waals surface area contributed by atoms with Crippen molar-refractivity contribution in [1.29, 1.82) is 0 Å². The molecule has 0 saturated heterocycles. The van der Waals surface area contributed by atoms with Crippen LogP contribution in [0, 0.1) is 0 Å². The molecule has 0 saturated carbocycles. The van der Waals surface area contributed by atoms with Crippen LogP contribution in [0.3, 0.4) is 0 Å². The topological polar surface area (TPSA) is 70.6 Å². The predicted octanol–water partition coefficient (Wildman–Crippen LogP) is 5.11. The van der Waals surface area contributed by atoms with Crippen molar-refractivity contribution in [3.63, 3.8) is 0 Å². The van der Waals surface area contributed by atoms with E-state index in [1.165, 1.54) is 0 Å². The van der Waals surface area contributed by atoms with Gasteiger partial charge in [0.15, 0.2) is 0 Å². The molecule has 0 amide bonds. The maximum Gasteiger partial charge on any atom is 0.335 e. The molecule has 0 unspecified atom stereocenters. The highest BCUT2D eigenvalue weighted by atomic mass is 16.5. The number of anilines is 2. The molecule has 142 valence electrons. The Morgan fingerprint density at radius 2 is 1.65 bits per heavy atom. The Hall–Kier alpha value is -2.69. The summed E-state index contributed by atoms with van der Waals surface area (Å²) in [6.45, 7) is 10.3. The molecular weight excluding hydrogens is 328 g/mol. The molecule has 2 aromatic rings. The third-order valence-electron chi connectivity index (χ3n) is 3.15. The lowest BCUT2D eigenvalue weighted by atomic mass is 10.1. The third kappa shape index (κ3) is 8.42. The summed E-state index contributed by atoms with van der Waals surface area (Å²) in [5.41, 5.74) is 2.18. The summed E-state index contributed by atoms with van der Waals surface area (Å²) in [5.74, 6) is -0.0109. The first kappa shape index (κ1) is 21.4. The van der Waals surface area contributed by atoms with Gasteiger partial charge in [-0.25, -0.2) is 4.79 Å². The first-order valence-electron chi connectivity index (χ1n) is 8.63. The van der Waals surface area contributed by atoms with E-state index >= 15 is 0 Å². The van der Waals surface area contributed by atoms with Gasteiger partial charge in [-0.15, -0.1) is 0 Å². The van der Waals surface area contributed by atoms with Crippen molar-refractivity contribution < 1.29 is 14.6 Å². The van der Waals surface area contributed by atoms with Gasteiger partial charge in [0, 0.05) is 29.0 Å². The predicted molar refractivity (Wildman–Crippen MR) is 109 cm³/mol. The van der Waals surface area contributed by atoms with Crippen molar-refractivity contribution in [3.8, 4) is 5.75 Å². The quantitative estimate of drug-likeness (QED) is 0.693. The maximum absolute atomic E-state index is 10.7. The van der Waals surface area contributed by atoms with Gasteiger partial charge in [-0.3, -0.25) is 0 Å². The minimum Gasteiger partial charge on any atom is -0.497 e. The number of methoxy groups -OCH3 is 1. The minimum atomic E-state index is -0.900. The summed E-state index contributed by atoms with van der Waals surface area (Å²) in [5, 5.41) is 15.3. The van der Waals surface area contributed by atoms with Crippen LogP contribution < -0.4 is 15.4 Å². The lowest BCUT2D eigenvalue weighted by Gasteiger charge is -2.22. The number of ether oxygens (including phenoxy) is 1. The molecule has 0 atom stereocenters. The molecule has 0 spiro atoms. The van der Waals surface area contributed by atoms with Crippen molar-refractivity contribution in [2.45, 2.75) is 46.2 Å². The number of aromatic carboxylic acids is 1. The average molecular weight is 358 g/mol. The van der Waals surface area contributed by atoms with Gasteiger partial charge in [0.1, 0.15) is 5.75 Å². The highest BCUT2D eigenvalue weighted by molar-refractivity contribution is 5.88. The fourth-order valence-electron chi connectivity index (χ4n) is 2.21. The third-order valence-corrected chi connectivity index (χ3v) is 3.15. The van der Waals surface area contributed by atoms with Crippen LogP contribution >= 0.6 is 0 Å².